The van der Waals surface area contributed by atoms with Crippen LogP contribution in [0.25, 0.3) is 10.8 Å². The molecule has 0 unspecified atom stereocenters. The Morgan fingerprint density at radius 2 is 1.70 bits per heavy atom. The smallest absolute Gasteiger partial charge is 0.255 e. The molecule has 2 aliphatic carbocycles. The normalized spacial score (nSPS) is 22.4. The van der Waals surface area contributed by atoms with Crippen molar-refractivity contribution in [2.45, 2.75) is 38.5 Å². The number of nitrogens with zero attached hydrogens (tertiary/aromatic N) is 1. The van der Waals surface area contributed by atoms with E-state index in [0.717, 1.165) is 11.1 Å². The molecule has 0 heterocycles. The number of aliphatic hydroxyl groups is 2. The molecule has 3 atom stereocenters. The summed E-state index contributed by atoms with van der Waals surface area (Å²) < 4.78 is 0. The highest BCUT2D eigenvalue weighted by Crippen LogP contribution is 2.51. The van der Waals surface area contributed by atoms with Crippen molar-refractivity contribution in [1.82, 2.24) is 4.90 Å². The maximum absolute atomic E-state index is 14.0. The Labute approximate surface area is 230 Å². The minimum absolute atomic E-state index is 0.00445. The predicted octanol–water partition coefficient (Wildman–Crippen LogP) is 2.38. The molecule has 7 N–H and O–H groups in total. The van der Waals surface area contributed by atoms with E-state index in [2.05, 4.69) is 5.32 Å². The molecule has 208 valence electrons. The fraction of sp³-hybridized carbons (Fsp3) is 0.300. The molecule has 3 aromatic carbocycles. The van der Waals surface area contributed by atoms with Gasteiger partial charge in [0.25, 0.3) is 5.91 Å². The Hall–Kier alpha value is -4.41. The van der Waals surface area contributed by atoms with E-state index in [9.17, 15) is 34.8 Å². The van der Waals surface area contributed by atoms with Crippen molar-refractivity contribution >= 4 is 33.9 Å². The Kier molecular flexibility index (Phi) is 6.35. The Bertz CT molecular complexity index is 1640. The zero-order valence-corrected chi connectivity index (χ0v) is 22.6. The number of fused-ring (bicyclic) bond motifs is 3. The van der Waals surface area contributed by atoms with Gasteiger partial charge in [-0.1, -0.05) is 35.9 Å². The molecule has 5 rings (SSSR count). The lowest BCUT2D eigenvalue weighted by molar-refractivity contribution is -0.132. The molecule has 0 radical (unpaired) electrons. The van der Waals surface area contributed by atoms with E-state index in [4.69, 9.17) is 5.73 Å². The second kappa shape index (κ2) is 9.35. The lowest BCUT2D eigenvalue weighted by Gasteiger charge is -2.47. The zero-order valence-electron chi connectivity index (χ0n) is 22.6. The quantitative estimate of drug-likeness (QED) is 0.208. The number of carbonyl (C=O) groups is 3. The summed E-state index contributed by atoms with van der Waals surface area (Å²) in [6, 6.07) is 10.1. The van der Waals surface area contributed by atoms with Crippen molar-refractivity contribution in [3.8, 4) is 11.5 Å². The van der Waals surface area contributed by atoms with Crippen LogP contribution in [-0.2, 0) is 22.6 Å². The molecule has 0 aliphatic heterocycles. The summed E-state index contributed by atoms with van der Waals surface area (Å²) in [5, 5.41) is 48.9. The van der Waals surface area contributed by atoms with Gasteiger partial charge in [-0.3, -0.25) is 19.3 Å². The van der Waals surface area contributed by atoms with Gasteiger partial charge in [-0.15, -0.1) is 0 Å². The number of Topliss-reactive ketones (excluding diaryl/α,β-unsaturated/α-hetero) is 2. The van der Waals surface area contributed by atoms with E-state index in [1.807, 2.05) is 31.2 Å². The van der Waals surface area contributed by atoms with E-state index in [-0.39, 0.29) is 23.1 Å². The highest BCUT2D eigenvalue weighted by molar-refractivity contribution is 6.25. The standard InChI is InChI=1S/C30H31N3O7/c1-13-5-7-15(8-6-13)12-32-19-10-9-16-14(2)17-11-18-23(33(3)4)26(36)22(29(31)39)28(38)30(18,40)27(37)21(17)25(35)20(16)24(19)34/h5-10,18,23,32,34-35,38,40H,11-12H2,1-4H3,(H2,31,39)/t18-,23-,30-/m0/s1. The van der Waals surface area contributed by atoms with Crippen molar-refractivity contribution in [3.05, 3.63) is 75.5 Å². The third kappa shape index (κ3) is 3.75. The molecule has 0 aromatic heterocycles. The van der Waals surface area contributed by atoms with E-state index in [1.165, 1.54) is 4.90 Å². The van der Waals surface area contributed by atoms with Gasteiger partial charge in [0.15, 0.2) is 11.4 Å². The number of benzene rings is 3. The van der Waals surface area contributed by atoms with Crippen LogP contribution in [0.5, 0.6) is 11.5 Å². The molecule has 0 saturated carbocycles. The number of amides is 1. The number of aryl methyl sites for hydroxylation is 2. The van der Waals surface area contributed by atoms with Gasteiger partial charge >= 0.3 is 0 Å². The summed E-state index contributed by atoms with van der Waals surface area (Å²) in [6.45, 7) is 4.09. The highest BCUT2D eigenvalue weighted by Gasteiger charge is 2.62. The Morgan fingerprint density at radius 3 is 2.30 bits per heavy atom. The number of aliphatic hydroxyl groups excluding tert-OH is 1. The van der Waals surface area contributed by atoms with Crippen molar-refractivity contribution in [2.75, 3.05) is 19.4 Å². The molecule has 0 spiro atoms. The topological polar surface area (TPSA) is 173 Å². The maximum atomic E-state index is 14.0. The minimum Gasteiger partial charge on any atom is -0.508 e. The van der Waals surface area contributed by atoms with E-state index >= 15 is 0 Å². The number of hydrogen-bond acceptors (Lipinski definition) is 9. The van der Waals surface area contributed by atoms with E-state index < -0.39 is 52.1 Å². The number of ketones is 2. The van der Waals surface area contributed by atoms with Crippen molar-refractivity contribution < 1.29 is 34.8 Å². The molecule has 2 aliphatic rings. The number of likely N-dealkylation sites (N-methyl/N-ethyl adjacent to an activating group) is 1. The van der Waals surface area contributed by atoms with Gasteiger partial charge in [0, 0.05) is 12.5 Å². The van der Waals surface area contributed by atoms with Gasteiger partial charge in [0.2, 0.25) is 5.78 Å². The van der Waals surface area contributed by atoms with E-state index in [1.54, 1.807) is 33.2 Å². The molecule has 10 nitrogen and oxygen atoms in total. The number of phenolic OH excluding ortho intramolecular Hbond substituents is 2. The first kappa shape index (κ1) is 27.2. The number of anilines is 1. The number of carbonyl (C=O) groups excluding carboxylic acids is 3. The SMILES string of the molecule is Cc1ccc(CNc2ccc3c(C)c4c(c(O)c3c2O)C(=O)[C@]2(O)C(O)=C(C(N)=O)C(=O)[C@@H](N(C)C)[C@@H]2C4)cc1. The molecule has 0 fully saturated rings. The summed E-state index contributed by atoms with van der Waals surface area (Å²) in [5.74, 6) is -6.33. The number of rotatable bonds is 5. The van der Waals surface area contributed by atoms with Crippen LogP contribution in [0.4, 0.5) is 5.69 Å². The summed E-state index contributed by atoms with van der Waals surface area (Å²) in [4.78, 5) is 40.8. The number of hydrogen-bond donors (Lipinski definition) is 6. The number of nitrogens with two attached hydrogens (primary N) is 1. The molecular weight excluding hydrogens is 514 g/mol. The second-order valence-electron chi connectivity index (χ2n) is 10.8. The van der Waals surface area contributed by atoms with Gasteiger partial charge in [-0.05, 0) is 62.5 Å². The molecule has 40 heavy (non-hydrogen) atoms. The molecule has 1 amide bonds. The summed E-state index contributed by atoms with van der Waals surface area (Å²) in [5.41, 5.74) is 4.85. The zero-order chi connectivity index (χ0) is 29.3. The fourth-order valence-corrected chi connectivity index (χ4v) is 6.13. The lowest BCUT2D eigenvalue weighted by atomic mass is 9.61. The third-order valence-corrected chi connectivity index (χ3v) is 8.24. The Balaban J connectivity index is 1.68. The monoisotopic (exact) mass is 545 g/mol. The first-order chi connectivity index (χ1) is 18.8. The molecule has 10 heteroatoms. The van der Waals surface area contributed by atoms with Crippen molar-refractivity contribution in [3.63, 3.8) is 0 Å². The minimum atomic E-state index is -2.70. The fourth-order valence-electron chi connectivity index (χ4n) is 6.13. The second-order valence-corrected chi connectivity index (χ2v) is 10.8. The Morgan fingerprint density at radius 1 is 1.05 bits per heavy atom. The maximum Gasteiger partial charge on any atom is 0.255 e. The van der Waals surface area contributed by atoms with Crippen molar-refractivity contribution in [2.24, 2.45) is 11.7 Å². The van der Waals surface area contributed by atoms with Gasteiger partial charge in [-0.2, -0.15) is 0 Å². The summed E-state index contributed by atoms with van der Waals surface area (Å²) in [6.07, 6.45) is -0.0776. The summed E-state index contributed by atoms with van der Waals surface area (Å²) in [7, 11) is 3.11. The van der Waals surface area contributed by atoms with E-state index in [0.29, 0.717) is 28.7 Å². The van der Waals surface area contributed by atoms with Gasteiger partial charge in [0.05, 0.1) is 22.7 Å². The predicted molar refractivity (Wildman–Crippen MR) is 148 cm³/mol. The lowest BCUT2D eigenvalue weighted by Crippen LogP contribution is -2.64. The molecule has 0 saturated heterocycles. The number of phenols is 2. The number of nitrogens with one attached hydrogen (secondary N) is 1. The first-order valence-electron chi connectivity index (χ1n) is 12.8. The van der Waals surface area contributed by atoms with Crippen LogP contribution in [-0.4, -0.2) is 68.5 Å². The van der Waals surface area contributed by atoms with Crippen LogP contribution >= 0.6 is 0 Å². The van der Waals surface area contributed by atoms with Crippen molar-refractivity contribution in [1.29, 1.82) is 0 Å². The highest BCUT2D eigenvalue weighted by atomic mass is 16.3. The average molecular weight is 546 g/mol. The molecule has 3 aromatic rings. The average Bonchev–Trinajstić information content (AvgIpc) is 2.89. The van der Waals surface area contributed by atoms with Crippen LogP contribution in [0, 0.1) is 19.8 Å². The number of primary amides is 1. The van der Waals surface area contributed by atoms with Crippen LogP contribution in [0.3, 0.4) is 0 Å². The molecular formula is C30H31N3O7. The van der Waals surface area contributed by atoms with Gasteiger partial charge in [-0.25, -0.2) is 0 Å². The molecule has 0 bridgehead atoms. The van der Waals surface area contributed by atoms with Crippen LogP contribution in [0.1, 0.15) is 32.6 Å². The number of aromatic hydroxyl groups is 2. The van der Waals surface area contributed by atoms with Crippen LogP contribution in [0.2, 0.25) is 0 Å². The van der Waals surface area contributed by atoms with Gasteiger partial charge in [0.1, 0.15) is 22.8 Å². The van der Waals surface area contributed by atoms with Crippen LogP contribution < -0.4 is 11.1 Å². The first-order valence-corrected chi connectivity index (χ1v) is 12.8. The van der Waals surface area contributed by atoms with Gasteiger partial charge < -0.3 is 31.5 Å². The summed E-state index contributed by atoms with van der Waals surface area (Å²) >= 11 is 0. The van der Waals surface area contributed by atoms with Crippen LogP contribution in [0.15, 0.2) is 47.7 Å². The third-order valence-electron chi connectivity index (χ3n) is 8.24. The largest absolute Gasteiger partial charge is 0.508 e.